The maximum absolute atomic E-state index is 5.87. The van der Waals surface area contributed by atoms with Gasteiger partial charge < -0.3 is 15.4 Å². The van der Waals surface area contributed by atoms with E-state index in [2.05, 4.69) is 36.0 Å². The Morgan fingerprint density at radius 2 is 2.33 bits per heavy atom. The van der Waals surface area contributed by atoms with Crippen LogP contribution in [-0.4, -0.2) is 24.7 Å². The number of benzene rings is 1. The number of anilines is 2. The summed E-state index contributed by atoms with van der Waals surface area (Å²) < 4.78 is 5.87. The lowest BCUT2D eigenvalue weighted by Crippen LogP contribution is -2.35. The van der Waals surface area contributed by atoms with Crippen LogP contribution in [0.15, 0.2) is 23.6 Å². The fourth-order valence-corrected chi connectivity index (χ4v) is 2.81. The maximum Gasteiger partial charge on any atom is 0.180 e. The van der Waals surface area contributed by atoms with E-state index in [1.165, 1.54) is 11.3 Å². The quantitative estimate of drug-likeness (QED) is 0.857. The Morgan fingerprint density at radius 3 is 3.06 bits per heavy atom. The van der Waals surface area contributed by atoms with Crippen LogP contribution in [0.25, 0.3) is 11.3 Å². The standard InChI is InChI=1S/C13H15N3OS/c1-8-6-16(2)11-4-3-9(5-12(11)17-8)10-7-18-13(14)15-10/h3-5,7-8H,6H2,1-2H3,(H2,14,15). The minimum absolute atomic E-state index is 0.207. The van der Waals surface area contributed by atoms with Gasteiger partial charge in [0, 0.05) is 18.0 Å². The summed E-state index contributed by atoms with van der Waals surface area (Å²) in [6.45, 7) is 2.99. The zero-order valence-corrected chi connectivity index (χ0v) is 11.2. The summed E-state index contributed by atoms with van der Waals surface area (Å²) in [5.41, 5.74) is 8.74. The molecule has 1 unspecified atom stereocenters. The number of hydrogen-bond donors (Lipinski definition) is 1. The Balaban J connectivity index is 2.03. The lowest BCUT2D eigenvalue weighted by molar-refractivity contribution is 0.215. The molecule has 1 atom stereocenters. The van der Waals surface area contributed by atoms with E-state index in [0.29, 0.717) is 5.13 Å². The normalized spacial score (nSPS) is 18.3. The maximum atomic E-state index is 5.87. The highest BCUT2D eigenvalue weighted by Gasteiger charge is 2.20. The molecule has 1 aliphatic heterocycles. The largest absolute Gasteiger partial charge is 0.487 e. The van der Waals surface area contributed by atoms with Gasteiger partial charge in [-0.05, 0) is 19.1 Å². The van der Waals surface area contributed by atoms with Crippen LogP contribution in [0.1, 0.15) is 6.92 Å². The number of nitrogens with two attached hydrogens (primary N) is 1. The van der Waals surface area contributed by atoms with Crippen molar-refractivity contribution in [2.45, 2.75) is 13.0 Å². The molecule has 4 nitrogen and oxygen atoms in total. The number of nitrogen functional groups attached to an aromatic ring is 1. The molecule has 0 saturated carbocycles. The molecule has 3 rings (SSSR count). The van der Waals surface area contributed by atoms with Crippen molar-refractivity contribution in [2.75, 3.05) is 24.2 Å². The van der Waals surface area contributed by atoms with Crippen LogP contribution in [0.2, 0.25) is 0 Å². The van der Waals surface area contributed by atoms with Gasteiger partial charge in [-0.3, -0.25) is 0 Å². The van der Waals surface area contributed by atoms with Gasteiger partial charge in [-0.15, -0.1) is 11.3 Å². The Hall–Kier alpha value is -1.75. The Labute approximate surface area is 110 Å². The second kappa shape index (κ2) is 4.17. The second-order valence-electron chi connectivity index (χ2n) is 4.56. The molecule has 0 bridgehead atoms. The zero-order valence-electron chi connectivity index (χ0n) is 10.4. The molecule has 5 heteroatoms. The summed E-state index contributed by atoms with van der Waals surface area (Å²) in [7, 11) is 2.08. The van der Waals surface area contributed by atoms with E-state index < -0.39 is 0 Å². The fraction of sp³-hybridized carbons (Fsp3) is 0.308. The number of hydrogen-bond acceptors (Lipinski definition) is 5. The molecule has 94 valence electrons. The van der Waals surface area contributed by atoms with Crippen molar-refractivity contribution in [1.82, 2.24) is 4.98 Å². The van der Waals surface area contributed by atoms with Crippen molar-refractivity contribution < 1.29 is 4.74 Å². The average molecular weight is 261 g/mol. The molecule has 0 radical (unpaired) electrons. The van der Waals surface area contributed by atoms with Crippen LogP contribution >= 0.6 is 11.3 Å². The predicted octanol–water partition coefficient (Wildman–Crippen LogP) is 2.61. The molecular weight excluding hydrogens is 246 g/mol. The monoisotopic (exact) mass is 261 g/mol. The number of rotatable bonds is 1. The Morgan fingerprint density at radius 1 is 1.50 bits per heavy atom. The van der Waals surface area contributed by atoms with Gasteiger partial charge in [0.2, 0.25) is 0 Å². The van der Waals surface area contributed by atoms with Crippen molar-refractivity contribution in [3.05, 3.63) is 23.6 Å². The van der Waals surface area contributed by atoms with Gasteiger partial charge in [0.1, 0.15) is 11.9 Å². The third-order valence-electron chi connectivity index (χ3n) is 3.05. The van der Waals surface area contributed by atoms with E-state index in [1.54, 1.807) is 0 Å². The van der Waals surface area contributed by atoms with Crippen LogP contribution in [-0.2, 0) is 0 Å². The highest BCUT2D eigenvalue weighted by molar-refractivity contribution is 7.13. The first-order valence-corrected chi connectivity index (χ1v) is 6.74. The van der Waals surface area contributed by atoms with Crippen LogP contribution in [0, 0.1) is 0 Å². The van der Waals surface area contributed by atoms with Gasteiger partial charge in [-0.2, -0.15) is 0 Å². The molecule has 2 heterocycles. The topological polar surface area (TPSA) is 51.4 Å². The van der Waals surface area contributed by atoms with E-state index in [1.807, 2.05) is 11.4 Å². The number of likely N-dealkylation sites (N-methyl/N-ethyl adjacent to an activating group) is 1. The van der Waals surface area contributed by atoms with Crippen molar-refractivity contribution in [2.24, 2.45) is 0 Å². The second-order valence-corrected chi connectivity index (χ2v) is 5.45. The fourth-order valence-electron chi connectivity index (χ4n) is 2.24. The molecule has 0 saturated heterocycles. The van der Waals surface area contributed by atoms with Gasteiger partial charge in [-0.25, -0.2) is 4.98 Å². The first-order valence-electron chi connectivity index (χ1n) is 5.86. The van der Waals surface area contributed by atoms with Gasteiger partial charge in [0.05, 0.1) is 17.9 Å². The molecular formula is C13H15N3OS. The average Bonchev–Trinajstić information content (AvgIpc) is 2.75. The summed E-state index contributed by atoms with van der Waals surface area (Å²) in [6, 6.07) is 6.17. The van der Waals surface area contributed by atoms with E-state index in [4.69, 9.17) is 10.5 Å². The van der Waals surface area contributed by atoms with Crippen LogP contribution in [0.4, 0.5) is 10.8 Å². The number of thiazole rings is 1. The van der Waals surface area contributed by atoms with Crippen molar-refractivity contribution in [3.63, 3.8) is 0 Å². The highest BCUT2D eigenvalue weighted by atomic mass is 32.1. The molecule has 1 aliphatic rings. The molecule has 0 amide bonds. The number of nitrogens with zero attached hydrogens (tertiary/aromatic N) is 2. The molecule has 0 spiro atoms. The molecule has 1 aromatic heterocycles. The third kappa shape index (κ3) is 1.90. The molecule has 2 aromatic rings. The van der Waals surface area contributed by atoms with Crippen LogP contribution < -0.4 is 15.4 Å². The summed E-state index contributed by atoms with van der Waals surface area (Å²) in [5, 5.41) is 2.56. The smallest absolute Gasteiger partial charge is 0.180 e. The number of ether oxygens (including phenoxy) is 1. The molecule has 0 aliphatic carbocycles. The third-order valence-corrected chi connectivity index (χ3v) is 3.72. The number of fused-ring (bicyclic) bond motifs is 1. The number of aromatic nitrogens is 1. The SMILES string of the molecule is CC1CN(C)c2ccc(-c3csc(N)n3)cc2O1. The van der Waals surface area contributed by atoms with E-state index >= 15 is 0 Å². The molecule has 1 aromatic carbocycles. The van der Waals surface area contributed by atoms with Crippen molar-refractivity contribution in [3.8, 4) is 17.0 Å². The highest BCUT2D eigenvalue weighted by Crippen LogP contribution is 2.36. The van der Waals surface area contributed by atoms with Crippen LogP contribution in [0.3, 0.4) is 0 Å². The first-order chi connectivity index (χ1) is 8.63. The first kappa shape index (κ1) is 11.3. The zero-order chi connectivity index (χ0) is 12.7. The van der Waals surface area contributed by atoms with E-state index in [0.717, 1.165) is 29.2 Å². The summed E-state index contributed by atoms with van der Waals surface area (Å²) in [5.74, 6) is 0.917. The lowest BCUT2D eigenvalue weighted by Gasteiger charge is -2.32. The van der Waals surface area contributed by atoms with Gasteiger partial charge in [0.15, 0.2) is 5.13 Å². The van der Waals surface area contributed by atoms with Crippen LogP contribution in [0.5, 0.6) is 5.75 Å². The van der Waals surface area contributed by atoms with Gasteiger partial charge in [-0.1, -0.05) is 6.07 Å². The molecule has 18 heavy (non-hydrogen) atoms. The van der Waals surface area contributed by atoms with Gasteiger partial charge >= 0.3 is 0 Å². The Kier molecular flexibility index (Phi) is 2.63. The minimum atomic E-state index is 0.207. The van der Waals surface area contributed by atoms with Gasteiger partial charge in [0.25, 0.3) is 0 Å². The molecule has 2 N–H and O–H groups in total. The summed E-state index contributed by atoms with van der Waals surface area (Å²) in [6.07, 6.45) is 0.207. The summed E-state index contributed by atoms with van der Waals surface area (Å²) >= 11 is 1.45. The summed E-state index contributed by atoms with van der Waals surface area (Å²) in [4.78, 5) is 6.51. The van der Waals surface area contributed by atoms with E-state index in [9.17, 15) is 0 Å². The van der Waals surface area contributed by atoms with Crippen molar-refractivity contribution in [1.29, 1.82) is 0 Å². The van der Waals surface area contributed by atoms with Crippen molar-refractivity contribution >= 4 is 22.2 Å². The Bertz CT molecular complexity index is 581. The minimum Gasteiger partial charge on any atom is -0.487 e. The lowest BCUT2D eigenvalue weighted by atomic mass is 10.1. The van der Waals surface area contributed by atoms with E-state index in [-0.39, 0.29) is 6.10 Å². The molecule has 0 fully saturated rings. The predicted molar refractivity (Wildman–Crippen MR) is 75.3 cm³/mol.